The molecule has 1 aromatic rings. The van der Waals surface area contributed by atoms with E-state index in [1.807, 2.05) is 0 Å². The standard InChI is InChI=1S/C6H2Cl2F2INO2S/c7-4-2(5(9)10)1-3(11)6(12-4)15(8,13)14/h1,5H. The van der Waals surface area contributed by atoms with Crippen LogP contribution in [0, 0.1) is 3.57 Å². The van der Waals surface area contributed by atoms with Gasteiger partial charge in [0.15, 0.2) is 5.03 Å². The fourth-order valence-electron chi connectivity index (χ4n) is 0.789. The van der Waals surface area contributed by atoms with Gasteiger partial charge in [0.1, 0.15) is 5.15 Å². The van der Waals surface area contributed by atoms with Crippen LogP contribution in [0.5, 0.6) is 0 Å². The minimum atomic E-state index is -4.07. The molecule has 1 aromatic heterocycles. The summed E-state index contributed by atoms with van der Waals surface area (Å²) in [6.07, 6.45) is -2.81. The van der Waals surface area contributed by atoms with E-state index in [4.69, 9.17) is 22.3 Å². The second-order valence-corrected chi connectivity index (χ2v) is 6.40. The lowest BCUT2D eigenvalue weighted by atomic mass is 10.3. The Morgan fingerprint density at radius 2 is 2.00 bits per heavy atom. The zero-order valence-corrected chi connectivity index (χ0v) is 11.2. The third-order valence-corrected chi connectivity index (χ3v) is 4.09. The summed E-state index contributed by atoms with van der Waals surface area (Å²) in [6.45, 7) is 0. The van der Waals surface area contributed by atoms with Crippen molar-refractivity contribution in [1.82, 2.24) is 4.98 Å². The van der Waals surface area contributed by atoms with Gasteiger partial charge in [0, 0.05) is 10.7 Å². The highest BCUT2D eigenvalue weighted by molar-refractivity contribution is 14.1. The van der Waals surface area contributed by atoms with Gasteiger partial charge in [0.2, 0.25) is 0 Å². The van der Waals surface area contributed by atoms with Gasteiger partial charge in [0.05, 0.1) is 9.13 Å². The molecule has 84 valence electrons. The summed E-state index contributed by atoms with van der Waals surface area (Å²) in [6, 6.07) is 0.940. The lowest BCUT2D eigenvalue weighted by Crippen LogP contribution is -2.02. The summed E-state index contributed by atoms with van der Waals surface area (Å²) in [5, 5.41) is -1.08. The van der Waals surface area contributed by atoms with E-state index < -0.39 is 31.2 Å². The minimum Gasteiger partial charge on any atom is -0.222 e. The molecule has 0 atom stereocenters. The number of alkyl halides is 2. The van der Waals surface area contributed by atoms with Crippen LogP contribution in [0.15, 0.2) is 11.1 Å². The molecule has 0 N–H and O–H groups in total. The normalized spacial score (nSPS) is 12.1. The molecule has 0 aromatic carbocycles. The molecule has 0 bridgehead atoms. The zero-order chi connectivity index (χ0) is 11.8. The predicted octanol–water partition coefficient (Wildman–Crippen LogP) is 3.20. The van der Waals surface area contributed by atoms with E-state index >= 15 is 0 Å². The summed E-state index contributed by atoms with van der Waals surface area (Å²) in [5.41, 5.74) is -0.523. The third-order valence-electron chi connectivity index (χ3n) is 1.39. The predicted molar refractivity (Wildman–Crippen MR) is 60.0 cm³/mol. The molecule has 0 fully saturated rings. The lowest BCUT2D eigenvalue weighted by Gasteiger charge is -2.05. The van der Waals surface area contributed by atoms with E-state index in [2.05, 4.69) is 4.98 Å². The van der Waals surface area contributed by atoms with Crippen LogP contribution in [0.1, 0.15) is 12.0 Å². The molecular weight excluding hydrogens is 386 g/mol. The first-order chi connectivity index (χ1) is 6.73. The molecule has 0 saturated heterocycles. The summed E-state index contributed by atoms with van der Waals surface area (Å²) < 4.78 is 46.5. The maximum atomic E-state index is 12.3. The van der Waals surface area contributed by atoms with Crippen LogP contribution in [0.25, 0.3) is 0 Å². The largest absolute Gasteiger partial charge is 0.279 e. The molecule has 9 heteroatoms. The first-order valence-electron chi connectivity index (χ1n) is 3.32. The molecule has 1 heterocycles. The van der Waals surface area contributed by atoms with Gasteiger partial charge in [-0.05, 0) is 28.7 Å². The van der Waals surface area contributed by atoms with Crippen molar-refractivity contribution in [3.05, 3.63) is 20.4 Å². The minimum absolute atomic E-state index is 0.00213. The molecule has 0 aliphatic rings. The van der Waals surface area contributed by atoms with Crippen molar-refractivity contribution >= 4 is 53.9 Å². The Morgan fingerprint density at radius 3 is 2.40 bits per heavy atom. The van der Waals surface area contributed by atoms with Gasteiger partial charge in [-0.2, -0.15) is 0 Å². The van der Waals surface area contributed by atoms with E-state index in [9.17, 15) is 17.2 Å². The monoisotopic (exact) mass is 387 g/mol. The van der Waals surface area contributed by atoms with Crippen molar-refractivity contribution in [3.63, 3.8) is 0 Å². The first kappa shape index (κ1) is 13.3. The van der Waals surface area contributed by atoms with E-state index in [0.717, 1.165) is 6.07 Å². The molecule has 3 nitrogen and oxygen atoms in total. The maximum absolute atomic E-state index is 12.3. The van der Waals surface area contributed by atoms with Crippen LogP contribution in [0.4, 0.5) is 8.78 Å². The molecule has 0 saturated carbocycles. The Morgan fingerprint density at radius 1 is 1.47 bits per heavy atom. The number of rotatable bonds is 2. The Labute approximate surface area is 107 Å². The second kappa shape index (κ2) is 4.64. The van der Waals surface area contributed by atoms with Crippen molar-refractivity contribution in [2.75, 3.05) is 0 Å². The van der Waals surface area contributed by atoms with E-state index in [0.29, 0.717) is 0 Å². The van der Waals surface area contributed by atoms with Crippen molar-refractivity contribution in [1.29, 1.82) is 0 Å². The van der Waals surface area contributed by atoms with Crippen molar-refractivity contribution in [2.45, 2.75) is 11.5 Å². The van der Waals surface area contributed by atoms with Gasteiger partial charge in [-0.1, -0.05) is 11.6 Å². The highest BCUT2D eigenvalue weighted by atomic mass is 127. The van der Waals surface area contributed by atoms with Gasteiger partial charge in [-0.3, -0.25) is 0 Å². The fourth-order valence-corrected chi connectivity index (χ4v) is 3.62. The number of halogens is 5. The molecule has 0 spiro atoms. The number of aromatic nitrogens is 1. The quantitative estimate of drug-likeness (QED) is 0.444. The Hall–Kier alpha value is 0.270. The zero-order valence-electron chi connectivity index (χ0n) is 6.72. The molecule has 0 amide bonds. The average molecular weight is 388 g/mol. The van der Waals surface area contributed by atoms with E-state index in [-0.39, 0.29) is 3.57 Å². The van der Waals surface area contributed by atoms with Gasteiger partial charge in [-0.25, -0.2) is 22.2 Å². The molecule has 15 heavy (non-hydrogen) atoms. The smallest absolute Gasteiger partial charge is 0.222 e. The second-order valence-electron chi connectivity index (χ2n) is 2.39. The van der Waals surface area contributed by atoms with Crippen molar-refractivity contribution < 1.29 is 17.2 Å². The fraction of sp³-hybridized carbons (Fsp3) is 0.167. The molecule has 0 aliphatic heterocycles. The van der Waals surface area contributed by atoms with Crippen molar-refractivity contribution in [2.24, 2.45) is 0 Å². The van der Waals surface area contributed by atoms with E-state index in [1.54, 1.807) is 22.6 Å². The first-order valence-corrected chi connectivity index (χ1v) is 7.09. The summed E-state index contributed by atoms with van der Waals surface area (Å²) in [5.74, 6) is 0. The SMILES string of the molecule is O=S(=O)(Cl)c1nc(Cl)c(C(F)F)cc1I. The molecule has 0 radical (unpaired) electrons. The number of hydrogen-bond donors (Lipinski definition) is 0. The molecule has 1 rings (SSSR count). The molecule has 0 unspecified atom stereocenters. The van der Waals surface area contributed by atoms with Gasteiger partial charge in [-0.15, -0.1) is 0 Å². The molecule has 0 aliphatic carbocycles. The molecular formula is C6H2Cl2F2INO2S. The average Bonchev–Trinajstić information content (AvgIpc) is 2.06. The van der Waals surface area contributed by atoms with Gasteiger partial charge in [0.25, 0.3) is 15.5 Å². The highest BCUT2D eigenvalue weighted by Crippen LogP contribution is 2.30. The van der Waals surface area contributed by atoms with Gasteiger partial charge >= 0.3 is 0 Å². The van der Waals surface area contributed by atoms with Gasteiger partial charge < -0.3 is 0 Å². The van der Waals surface area contributed by atoms with E-state index in [1.165, 1.54) is 0 Å². The van der Waals surface area contributed by atoms with Crippen LogP contribution < -0.4 is 0 Å². The Bertz CT molecular complexity index is 494. The van der Waals surface area contributed by atoms with Crippen LogP contribution in [-0.4, -0.2) is 13.4 Å². The summed E-state index contributed by atoms with van der Waals surface area (Å²) in [4.78, 5) is 3.32. The Kier molecular flexibility index (Phi) is 4.13. The highest BCUT2D eigenvalue weighted by Gasteiger charge is 2.22. The van der Waals surface area contributed by atoms with Crippen molar-refractivity contribution in [3.8, 4) is 0 Å². The van der Waals surface area contributed by atoms with Crippen LogP contribution in [-0.2, 0) is 9.05 Å². The van der Waals surface area contributed by atoms with Crippen LogP contribution in [0.2, 0.25) is 5.15 Å². The van der Waals surface area contributed by atoms with Crippen LogP contribution in [0.3, 0.4) is 0 Å². The lowest BCUT2D eigenvalue weighted by molar-refractivity contribution is 0.151. The Balaban J connectivity index is 3.46. The number of nitrogens with zero attached hydrogens (tertiary/aromatic N) is 1. The maximum Gasteiger partial charge on any atom is 0.279 e. The third kappa shape index (κ3) is 3.11. The summed E-state index contributed by atoms with van der Waals surface area (Å²) in [7, 11) is 0.952. The number of pyridine rings is 1. The number of hydrogen-bond acceptors (Lipinski definition) is 3. The summed E-state index contributed by atoms with van der Waals surface area (Å²) >= 11 is 6.93. The van der Waals surface area contributed by atoms with Crippen LogP contribution >= 0.6 is 44.9 Å². The topological polar surface area (TPSA) is 47.0 Å².